The lowest BCUT2D eigenvalue weighted by Gasteiger charge is -2.20. The Bertz CT molecular complexity index is 378. The summed E-state index contributed by atoms with van der Waals surface area (Å²) >= 11 is 0. The van der Waals surface area contributed by atoms with Crippen LogP contribution in [0.4, 0.5) is 0 Å². The zero-order valence-corrected chi connectivity index (χ0v) is 7.46. The Hall–Kier alpha value is -1.65. The fourth-order valence-corrected chi connectivity index (χ4v) is 1.34. The number of rotatable bonds is 0. The van der Waals surface area contributed by atoms with Gasteiger partial charge in [-0.2, -0.15) is 4.99 Å². The molecule has 0 unspecified atom stereocenters. The predicted molar refractivity (Wildman–Crippen MR) is 49.4 cm³/mol. The minimum absolute atomic E-state index is 0.301. The number of carbonyl (C=O) groups is 1. The number of hydrogen-bond acceptors (Lipinski definition) is 4. The standard InChI is InChI=1S/C8H10N4O/c1-3-4(2)11-6-5(10-3)7(9)12-8(6)13/h5,10H,1-2H3,(H2,9,12,13)/t5-/m0/s1. The molecule has 2 aliphatic rings. The summed E-state index contributed by atoms with van der Waals surface area (Å²) in [5.41, 5.74) is 7.70. The van der Waals surface area contributed by atoms with Crippen LogP contribution in [0.15, 0.2) is 21.4 Å². The molecule has 0 fully saturated rings. The Labute approximate surface area is 75.4 Å². The highest BCUT2D eigenvalue weighted by Crippen LogP contribution is 2.15. The second-order valence-electron chi connectivity index (χ2n) is 3.13. The van der Waals surface area contributed by atoms with Crippen molar-refractivity contribution in [1.82, 2.24) is 5.32 Å². The van der Waals surface area contributed by atoms with Gasteiger partial charge in [0.25, 0.3) is 5.91 Å². The molecule has 2 rings (SSSR count). The van der Waals surface area contributed by atoms with E-state index in [1.807, 2.05) is 13.8 Å². The quantitative estimate of drug-likeness (QED) is 0.527. The first-order valence-electron chi connectivity index (χ1n) is 4.00. The molecule has 2 heterocycles. The number of nitrogens with zero attached hydrogens (tertiary/aromatic N) is 2. The van der Waals surface area contributed by atoms with Crippen molar-refractivity contribution in [1.29, 1.82) is 0 Å². The van der Waals surface area contributed by atoms with Crippen LogP contribution in [-0.2, 0) is 4.79 Å². The number of fused-ring (bicyclic) bond motifs is 1. The van der Waals surface area contributed by atoms with Gasteiger partial charge in [-0.25, -0.2) is 4.99 Å². The topological polar surface area (TPSA) is 79.8 Å². The Morgan fingerprint density at radius 2 is 2.08 bits per heavy atom. The minimum atomic E-state index is -0.332. The van der Waals surface area contributed by atoms with Crippen LogP contribution in [0, 0.1) is 0 Å². The van der Waals surface area contributed by atoms with E-state index >= 15 is 0 Å². The molecule has 0 aromatic carbocycles. The lowest BCUT2D eigenvalue weighted by molar-refractivity contribution is -0.111. The maximum absolute atomic E-state index is 11.2. The van der Waals surface area contributed by atoms with E-state index in [1.54, 1.807) is 0 Å². The van der Waals surface area contributed by atoms with Crippen LogP contribution in [-0.4, -0.2) is 23.5 Å². The first-order valence-corrected chi connectivity index (χ1v) is 4.00. The molecule has 0 spiro atoms. The maximum atomic E-state index is 11.2. The SMILES string of the molecule is CC1=C(C)N[C@@H]2C(N)=NC(=O)C2=N1. The van der Waals surface area contributed by atoms with Crippen LogP contribution in [0.5, 0.6) is 0 Å². The van der Waals surface area contributed by atoms with Crippen LogP contribution in [0.3, 0.4) is 0 Å². The molecule has 3 N–H and O–H groups in total. The molecule has 13 heavy (non-hydrogen) atoms. The second kappa shape index (κ2) is 2.42. The van der Waals surface area contributed by atoms with Crippen LogP contribution in [0.1, 0.15) is 13.8 Å². The Kier molecular flexibility index (Phi) is 1.48. The Morgan fingerprint density at radius 1 is 1.38 bits per heavy atom. The number of allylic oxidation sites excluding steroid dienone is 2. The van der Waals surface area contributed by atoms with Gasteiger partial charge >= 0.3 is 0 Å². The molecule has 0 saturated heterocycles. The van der Waals surface area contributed by atoms with Crippen molar-refractivity contribution in [3.05, 3.63) is 11.4 Å². The molecule has 0 bridgehead atoms. The van der Waals surface area contributed by atoms with Crippen molar-refractivity contribution >= 4 is 17.5 Å². The molecule has 0 aromatic heterocycles. The number of amidine groups is 1. The number of nitrogens with one attached hydrogen (secondary N) is 1. The third kappa shape index (κ3) is 1.04. The van der Waals surface area contributed by atoms with Crippen molar-refractivity contribution in [2.24, 2.45) is 15.7 Å². The summed E-state index contributed by atoms with van der Waals surface area (Å²) < 4.78 is 0. The van der Waals surface area contributed by atoms with Gasteiger partial charge in [-0.3, -0.25) is 4.79 Å². The molecular weight excluding hydrogens is 168 g/mol. The van der Waals surface area contributed by atoms with E-state index in [1.165, 1.54) is 0 Å². The van der Waals surface area contributed by atoms with Crippen LogP contribution in [0.2, 0.25) is 0 Å². The van der Waals surface area contributed by atoms with E-state index in [-0.39, 0.29) is 11.9 Å². The highest BCUT2D eigenvalue weighted by molar-refractivity contribution is 6.51. The molecule has 0 radical (unpaired) electrons. The summed E-state index contributed by atoms with van der Waals surface area (Å²) in [7, 11) is 0. The highest BCUT2D eigenvalue weighted by atomic mass is 16.1. The van der Waals surface area contributed by atoms with Gasteiger partial charge in [0.05, 0.1) is 5.70 Å². The summed E-state index contributed by atoms with van der Waals surface area (Å²) in [6.07, 6.45) is 0. The number of amides is 1. The monoisotopic (exact) mass is 178 g/mol. The van der Waals surface area contributed by atoms with Crippen molar-refractivity contribution in [3.8, 4) is 0 Å². The number of aliphatic imine (C=N–C) groups is 2. The van der Waals surface area contributed by atoms with Crippen LogP contribution in [0.25, 0.3) is 0 Å². The normalized spacial score (nSPS) is 26.6. The Morgan fingerprint density at radius 3 is 2.77 bits per heavy atom. The van der Waals surface area contributed by atoms with Gasteiger partial charge < -0.3 is 11.1 Å². The van der Waals surface area contributed by atoms with Crippen molar-refractivity contribution in [3.63, 3.8) is 0 Å². The molecule has 1 amide bonds. The molecule has 0 aliphatic carbocycles. The van der Waals surface area contributed by atoms with E-state index in [2.05, 4.69) is 15.3 Å². The Balaban J connectivity index is 2.45. The fourth-order valence-electron chi connectivity index (χ4n) is 1.34. The van der Waals surface area contributed by atoms with Crippen molar-refractivity contribution in [2.75, 3.05) is 0 Å². The van der Waals surface area contributed by atoms with Gasteiger partial charge in [0, 0.05) is 5.70 Å². The van der Waals surface area contributed by atoms with E-state index < -0.39 is 0 Å². The number of nitrogens with two attached hydrogens (primary N) is 1. The molecule has 2 aliphatic heterocycles. The average Bonchev–Trinajstić information content (AvgIpc) is 2.31. The lowest BCUT2D eigenvalue weighted by atomic mass is 10.1. The van der Waals surface area contributed by atoms with E-state index in [9.17, 15) is 4.79 Å². The first kappa shape index (κ1) is 7.97. The second-order valence-corrected chi connectivity index (χ2v) is 3.13. The van der Waals surface area contributed by atoms with Gasteiger partial charge in [0.1, 0.15) is 17.6 Å². The molecule has 0 saturated carbocycles. The summed E-state index contributed by atoms with van der Waals surface area (Å²) in [6.45, 7) is 3.74. The third-order valence-corrected chi connectivity index (χ3v) is 2.21. The summed E-state index contributed by atoms with van der Waals surface area (Å²) in [5, 5.41) is 3.08. The van der Waals surface area contributed by atoms with Crippen molar-refractivity contribution < 1.29 is 4.79 Å². The maximum Gasteiger partial charge on any atom is 0.295 e. The predicted octanol–water partition coefficient (Wildman–Crippen LogP) is -0.452. The molecule has 5 nitrogen and oxygen atoms in total. The fraction of sp³-hybridized carbons (Fsp3) is 0.375. The van der Waals surface area contributed by atoms with Gasteiger partial charge in [0.15, 0.2) is 0 Å². The van der Waals surface area contributed by atoms with Crippen molar-refractivity contribution in [2.45, 2.75) is 19.9 Å². The number of hydrogen-bond donors (Lipinski definition) is 2. The first-order chi connectivity index (χ1) is 6.09. The summed E-state index contributed by atoms with van der Waals surface area (Å²) in [5.74, 6) is -0.0301. The van der Waals surface area contributed by atoms with Gasteiger partial charge in [-0.15, -0.1) is 0 Å². The van der Waals surface area contributed by atoms with Crippen LogP contribution >= 0.6 is 0 Å². The van der Waals surface area contributed by atoms with E-state index in [4.69, 9.17) is 5.73 Å². The molecule has 68 valence electrons. The molecule has 5 heteroatoms. The summed E-state index contributed by atoms with van der Waals surface area (Å²) in [4.78, 5) is 19.0. The largest absolute Gasteiger partial charge is 0.385 e. The van der Waals surface area contributed by atoms with Gasteiger partial charge in [-0.05, 0) is 13.8 Å². The third-order valence-electron chi connectivity index (χ3n) is 2.21. The van der Waals surface area contributed by atoms with Gasteiger partial charge in [0.2, 0.25) is 0 Å². The minimum Gasteiger partial charge on any atom is -0.385 e. The van der Waals surface area contributed by atoms with E-state index in [0.717, 1.165) is 11.4 Å². The average molecular weight is 178 g/mol. The van der Waals surface area contributed by atoms with Crippen LogP contribution < -0.4 is 11.1 Å². The zero-order valence-electron chi connectivity index (χ0n) is 7.46. The van der Waals surface area contributed by atoms with Gasteiger partial charge in [-0.1, -0.05) is 0 Å². The smallest absolute Gasteiger partial charge is 0.295 e. The molecular formula is C8H10N4O. The van der Waals surface area contributed by atoms with E-state index in [0.29, 0.717) is 11.5 Å². The zero-order chi connectivity index (χ0) is 9.59. The molecule has 1 atom stereocenters. The summed E-state index contributed by atoms with van der Waals surface area (Å²) in [6, 6.07) is -0.309. The lowest BCUT2D eigenvalue weighted by Crippen LogP contribution is -2.45. The molecule has 0 aromatic rings. The highest BCUT2D eigenvalue weighted by Gasteiger charge is 2.35. The number of carbonyl (C=O) groups excluding carboxylic acids is 1.